The van der Waals surface area contributed by atoms with Crippen LogP contribution in [0.4, 0.5) is 0 Å². The van der Waals surface area contributed by atoms with E-state index in [1.54, 1.807) is 14.1 Å². The lowest BCUT2D eigenvalue weighted by Gasteiger charge is -1.73. The molecule has 30 valence electrons. The molecular formula is C2H7N3. The molecule has 0 aromatic carbocycles. The van der Waals surface area contributed by atoms with Crippen molar-refractivity contribution in [3.8, 4) is 0 Å². The highest BCUT2D eigenvalue weighted by Gasteiger charge is 1.45. The molecule has 0 aliphatic carbocycles. The Labute approximate surface area is 31.1 Å². The summed E-state index contributed by atoms with van der Waals surface area (Å²) in [6, 6.07) is 0. The maximum absolute atomic E-state index is 3.37. The predicted molar refractivity (Wildman–Crippen MR) is 19.8 cm³/mol. The molecule has 1 N–H and O–H groups in total. The Morgan fingerprint density at radius 2 is 2.20 bits per heavy atom. The van der Waals surface area contributed by atoms with Crippen LogP contribution >= 0.6 is 0 Å². The Morgan fingerprint density at radius 3 is 2.20 bits per heavy atom. The molecule has 0 aliphatic rings. The van der Waals surface area contributed by atoms with Gasteiger partial charge < -0.3 is 0 Å². The van der Waals surface area contributed by atoms with Crippen molar-refractivity contribution in [2.45, 2.75) is 0 Å². The van der Waals surface area contributed by atoms with Gasteiger partial charge in [-0.05, 0) is 0 Å². The van der Waals surface area contributed by atoms with Crippen molar-refractivity contribution in [1.82, 2.24) is 5.43 Å². The SMILES string of the molecule is CN=NNC. The molecule has 0 radical (unpaired) electrons. The molecule has 0 aromatic heterocycles. The Morgan fingerprint density at radius 1 is 1.60 bits per heavy atom. The van der Waals surface area contributed by atoms with Crippen molar-refractivity contribution >= 4 is 0 Å². The lowest BCUT2D eigenvalue weighted by Crippen LogP contribution is -1.88. The largest absolute Gasteiger partial charge is 0.295 e. The Bertz CT molecular complexity index is 31.9. The smallest absolute Gasteiger partial charge is 0.0509 e. The summed E-state index contributed by atoms with van der Waals surface area (Å²) >= 11 is 0. The van der Waals surface area contributed by atoms with Crippen LogP contribution in [0.2, 0.25) is 0 Å². The molecule has 0 saturated heterocycles. The summed E-state index contributed by atoms with van der Waals surface area (Å²) in [4.78, 5) is 0. The van der Waals surface area contributed by atoms with Crippen molar-refractivity contribution < 1.29 is 0 Å². The second kappa shape index (κ2) is 3.40. The molecule has 0 unspecified atom stereocenters. The summed E-state index contributed by atoms with van der Waals surface area (Å²) in [6.45, 7) is 0. The van der Waals surface area contributed by atoms with Crippen molar-refractivity contribution in [3.05, 3.63) is 0 Å². The minimum absolute atomic E-state index is 1.61. The number of nitrogens with zero attached hydrogens (tertiary/aromatic N) is 2. The molecule has 0 spiro atoms. The van der Waals surface area contributed by atoms with Crippen LogP contribution in [0, 0.1) is 0 Å². The van der Waals surface area contributed by atoms with Gasteiger partial charge in [-0.3, -0.25) is 5.43 Å². The van der Waals surface area contributed by atoms with E-state index in [1.165, 1.54) is 0 Å². The highest BCUT2D eigenvalue weighted by Crippen LogP contribution is 1.50. The normalized spacial score (nSPS) is 9.20. The van der Waals surface area contributed by atoms with E-state index in [4.69, 9.17) is 0 Å². The van der Waals surface area contributed by atoms with Gasteiger partial charge in [-0.25, -0.2) is 0 Å². The van der Waals surface area contributed by atoms with Gasteiger partial charge in [-0.15, -0.1) is 0 Å². The molecular weight excluding hydrogens is 66.0 g/mol. The van der Waals surface area contributed by atoms with Gasteiger partial charge in [0.05, 0.1) is 7.05 Å². The summed E-state index contributed by atoms with van der Waals surface area (Å²) in [5.41, 5.74) is 2.48. The fraction of sp³-hybridized carbons (Fsp3) is 1.00. The Kier molecular flexibility index (Phi) is 2.99. The molecule has 3 heteroatoms. The standard InChI is InChI=1S/C2H7N3/c1-3-5-4-2/h1-2H3,(H,3,4). The highest BCUT2D eigenvalue weighted by atomic mass is 15.4. The number of nitrogens with one attached hydrogen (secondary N) is 1. The van der Waals surface area contributed by atoms with Gasteiger partial charge in [0.1, 0.15) is 0 Å². The zero-order valence-electron chi connectivity index (χ0n) is 3.39. The second-order valence-corrected chi connectivity index (χ2v) is 0.524. The first-order valence-corrected chi connectivity index (χ1v) is 1.37. The fourth-order valence-electron chi connectivity index (χ4n) is 0.100. The lowest BCUT2D eigenvalue weighted by atomic mass is 11.5. The lowest BCUT2D eigenvalue weighted by molar-refractivity contribution is 0.806. The third kappa shape index (κ3) is 3.40. The second-order valence-electron chi connectivity index (χ2n) is 0.524. The van der Waals surface area contributed by atoms with E-state index in [-0.39, 0.29) is 0 Å². The maximum Gasteiger partial charge on any atom is 0.0509 e. The topological polar surface area (TPSA) is 36.8 Å². The van der Waals surface area contributed by atoms with Crippen LogP contribution in [0.25, 0.3) is 0 Å². The monoisotopic (exact) mass is 73.1 g/mol. The highest BCUT2D eigenvalue weighted by molar-refractivity contribution is 4.02. The van der Waals surface area contributed by atoms with E-state index in [0.717, 1.165) is 0 Å². The van der Waals surface area contributed by atoms with Gasteiger partial charge in [0.25, 0.3) is 0 Å². The number of hydrogen-bond donors (Lipinski definition) is 1. The number of rotatable bonds is 1. The molecule has 0 atom stereocenters. The molecule has 0 saturated carbocycles. The molecule has 0 rings (SSSR count). The van der Waals surface area contributed by atoms with Crippen molar-refractivity contribution in [1.29, 1.82) is 0 Å². The quantitative estimate of drug-likeness (QED) is 0.349. The van der Waals surface area contributed by atoms with Crippen LogP contribution in [-0.4, -0.2) is 14.1 Å². The van der Waals surface area contributed by atoms with Crippen LogP contribution < -0.4 is 5.43 Å². The van der Waals surface area contributed by atoms with E-state index in [2.05, 4.69) is 15.8 Å². The zero-order chi connectivity index (χ0) is 4.12. The van der Waals surface area contributed by atoms with E-state index in [0.29, 0.717) is 0 Å². The third-order valence-electron chi connectivity index (χ3n) is 0.200. The molecule has 0 bridgehead atoms. The zero-order valence-corrected chi connectivity index (χ0v) is 3.39. The van der Waals surface area contributed by atoms with Crippen molar-refractivity contribution in [2.75, 3.05) is 14.1 Å². The summed E-state index contributed by atoms with van der Waals surface area (Å²) < 4.78 is 0. The number of hydrogen-bond acceptors (Lipinski definition) is 2. The third-order valence-corrected chi connectivity index (χ3v) is 0.200. The summed E-state index contributed by atoms with van der Waals surface area (Å²) in [5, 5.41) is 6.72. The van der Waals surface area contributed by atoms with Crippen LogP contribution in [0.1, 0.15) is 0 Å². The first-order chi connectivity index (χ1) is 2.41. The first-order valence-electron chi connectivity index (χ1n) is 1.37. The minimum atomic E-state index is 1.61. The van der Waals surface area contributed by atoms with E-state index < -0.39 is 0 Å². The molecule has 0 aromatic rings. The minimum Gasteiger partial charge on any atom is -0.295 e. The van der Waals surface area contributed by atoms with E-state index in [1.807, 2.05) is 0 Å². The van der Waals surface area contributed by atoms with Gasteiger partial charge in [-0.1, -0.05) is 5.22 Å². The molecule has 0 aliphatic heterocycles. The van der Waals surface area contributed by atoms with Gasteiger partial charge in [0.15, 0.2) is 0 Å². The molecule has 3 nitrogen and oxygen atoms in total. The van der Waals surface area contributed by atoms with Crippen molar-refractivity contribution in [2.24, 2.45) is 10.3 Å². The van der Waals surface area contributed by atoms with Crippen LogP contribution in [0.3, 0.4) is 0 Å². The molecule has 0 heterocycles. The van der Waals surface area contributed by atoms with Gasteiger partial charge in [-0.2, -0.15) is 5.11 Å². The first kappa shape index (κ1) is 4.40. The average molecular weight is 73.1 g/mol. The van der Waals surface area contributed by atoms with Gasteiger partial charge >= 0.3 is 0 Å². The van der Waals surface area contributed by atoms with Crippen molar-refractivity contribution in [3.63, 3.8) is 0 Å². The average Bonchev–Trinajstić information content (AvgIpc) is 1.41. The fourth-order valence-corrected chi connectivity index (χ4v) is 0.100. The summed E-state index contributed by atoms with van der Waals surface area (Å²) in [6.07, 6.45) is 0. The van der Waals surface area contributed by atoms with Gasteiger partial charge in [0.2, 0.25) is 0 Å². The van der Waals surface area contributed by atoms with E-state index in [9.17, 15) is 0 Å². The molecule has 0 fully saturated rings. The summed E-state index contributed by atoms with van der Waals surface area (Å²) in [5.74, 6) is 0. The van der Waals surface area contributed by atoms with Crippen LogP contribution in [0.15, 0.2) is 10.3 Å². The Hall–Kier alpha value is -0.600. The predicted octanol–water partition coefficient (Wildman–Crippen LogP) is 0.203. The van der Waals surface area contributed by atoms with E-state index >= 15 is 0 Å². The Balaban J connectivity index is 2.62. The molecule has 5 heavy (non-hydrogen) atoms. The van der Waals surface area contributed by atoms with Crippen LogP contribution in [0.5, 0.6) is 0 Å². The maximum atomic E-state index is 3.37. The van der Waals surface area contributed by atoms with Gasteiger partial charge in [0, 0.05) is 7.05 Å². The molecule has 0 amide bonds. The summed E-state index contributed by atoms with van der Waals surface area (Å²) in [7, 11) is 3.31. The van der Waals surface area contributed by atoms with Crippen LogP contribution in [-0.2, 0) is 0 Å².